The van der Waals surface area contributed by atoms with E-state index in [-0.39, 0.29) is 23.7 Å². The summed E-state index contributed by atoms with van der Waals surface area (Å²) in [5.41, 5.74) is 6.76. The SMILES string of the molecule is Cc1nn(C)c(C(=O)NC2CC(=O)N(C)C2=O)c1N. The van der Waals surface area contributed by atoms with Crippen LogP contribution in [0.4, 0.5) is 5.69 Å². The summed E-state index contributed by atoms with van der Waals surface area (Å²) in [6, 6.07) is -0.834. The molecule has 8 heteroatoms. The molecule has 1 fully saturated rings. The first-order valence-corrected chi connectivity index (χ1v) is 5.73. The average molecular weight is 265 g/mol. The van der Waals surface area contributed by atoms with E-state index in [9.17, 15) is 14.4 Å². The number of imide groups is 1. The van der Waals surface area contributed by atoms with E-state index in [2.05, 4.69) is 10.4 Å². The second-order valence-corrected chi connectivity index (χ2v) is 4.49. The van der Waals surface area contributed by atoms with Gasteiger partial charge in [-0.3, -0.25) is 24.0 Å². The molecule has 1 aliphatic rings. The lowest BCUT2D eigenvalue weighted by molar-refractivity contribution is -0.137. The number of nitrogens with zero attached hydrogens (tertiary/aromatic N) is 3. The third-order valence-corrected chi connectivity index (χ3v) is 3.17. The maximum Gasteiger partial charge on any atom is 0.272 e. The second kappa shape index (κ2) is 4.38. The number of nitrogens with one attached hydrogen (secondary N) is 1. The van der Waals surface area contributed by atoms with Crippen molar-refractivity contribution >= 4 is 23.4 Å². The van der Waals surface area contributed by atoms with Crippen molar-refractivity contribution in [3.8, 4) is 0 Å². The Morgan fingerprint density at radius 3 is 2.47 bits per heavy atom. The number of nitrogen functional groups attached to an aromatic ring is 1. The number of hydrogen-bond acceptors (Lipinski definition) is 5. The van der Waals surface area contributed by atoms with Crippen molar-refractivity contribution in [2.75, 3.05) is 12.8 Å². The normalized spacial score (nSPS) is 19.1. The Hall–Kier alpha value is -2.38. The van der Waals surface area contributed by atoms with Crippen LogP contribution < -0.4 is 11.1 Å². The van der Waals surface area contributed by atoms with Crippen LogP contribution in [-0.2, 0) is 16.6 Å². The minimum absolute atomic E-state index is 0.0299. The van der Waals surface area contributed by atoms with Crippen LogP contribution in [0.5, 0.6) is 0 Å². The van der Waals surface area contributed by atoms with Gasteiger partial charge in [-0.05, 0) is 6.92 Å². The van der Waals surface area contributed by atoms with Gasteiger partial charge in [-0.1, -0.05) is 0 Å². The van der Waals surface area contributed by atoms with Crippen molar-refractivity contribution in [2.45, 2.75) is 19.4 Å². The van der Waals surface area contributed by atoms with Gasteiger partial charge < -0.3 is 11.1 Å². The lowest BCUT2D eigenvalue weighted by Gasteiger charge is -2.11. The molecule has 0 aromatic carbocycles. The van der Waals surface area contributed by atoms with E-state index < -0.39 is 17.9 Å². The van der Waals surface area contributed by atoms with Crippen LogP contribution >= 0.6 is 0 Å². The van der Waals surface area contributed by atoms with Gasteiger partial charge in [0.2, 0.25) is 5.91 Å². The molecule has 1 saturated heterocycles. The number of amides is 3. The van der Waals surface area contributed by atoms with Crippen molar-refractivity contribution in [1.82, 2.24) is 20.0 Å². The summed E-state index contributed by atoms with van der Waals surface area (Å²) in [6.07, 6.45) is -0.0299. The van der Waals surface area contributed by atoms with Gasteiger partial charge in [0.15, 0.2) is 0 Å². The smallest absolute Gasteiger partial charge is 0.272 e. The number of likely N-dealkylation sites (tertiary alicyclic amines) is 1. The molecule has 3 amide bonds. The standard InChI is InChI=1S/C11H15N5O3/c1-5-8(12)9(16(3)14-5)10(18)13-6-4-7(17)15(2)11(6)19/h6H,4,12H2,1-3H3,(H,13,18). The first-order chi connectivity index (χ1) is 8.82. The zero-order valence-electron chi connectivity index (χ0n) is 10.9. The van der Waals surface area contributed by atoms with E-state index >= 15 is 0 Å². The van der Waals surface area contributed by atoms with Gasteiger partial charge in [-0.2, -0.15) is 5.10 Å². The summed E-state index contributed by atoms with van der Waals surface area (Å²) >= 11 is 0. The highest BCUT2D eigenvalue weighted by atomic mass is 16.2. The van der Waals surface area contributed by atoms with Gasteiger partial charge in [0.1, 0.15) is 11.7 Å². The van der Waals surface area contributed by atoms with E-state index in [0.717, 1.165) is 4.90 Å². The molecule has 0 aliphatic carbocycles. The first-order valence-electron chi connectivity index (χ1n) is 5.73. The Morgan fingerprint density at radius 1 is 1.42 bits per heavy atom. The molecule has 0 spiro atoms. The molecule has 0 bridgehead atoms. The minimum atomic E-state index is -0.834. The molecule has 8 nitrogen and oxygen atoms in total. The first kappa shape index (κ1) is 13.1. The van der Waals surface area contributed by atoms with Gasteiger partial charge in [0, 0.05) is 14.1 Å². The molecule has 1 aromatic rings. The Morgan fingerprint density at radius 2 is 2.05 bits per heavy atom. The molecule has 102 valence electrons. The Bertz CT molecular complexity index is 577. The van der Waals surface area contributed by atoms with Crippen molar-refractivity contribution in [2.24, 2.45) is 7.05 Å². The summed E-state index contributed by atoms with van der Waals surface area (Å²) in [7, 11) is 2.98. The molecule has 0 radical (unpaired) electrons. The Kier molecular flexibility index (Phi) is 3.01. The van der Waals surface area contributed by atoms with Crippen molar-refractivity contribution in [3.63, 3.8) is 0 Å². The summed E-state index contributed by atoms with van der Waals surface area (Å²) < 4.78 is 1.35. The van der Waals surface area contributed by atoms with E-state index in [1.54, 1.807) is 14.0 Å². The summed E-state index contributed by atoms with van der Waals surface area (Å²) in [5.74, 6) is -1.25. The molecule has 1 aromatic heterocycles. The number of anilines is 1. The summed E-state index contributed by atoms with van der Waals surface area (Å²) in [5, 5.41) is 6.53. The highest BCUT2D eigenvalue weighted by molar-refractivity contribution is 6.08. The quantitative estimate of drug-likeness (QED) is 0.652. The predicted octanol–water partition coefficient (Wildman–Crippen LogP) is -1.20. The second-order valence-electron chi connectivity index (χ2n) is 4.49. The maximum atomic E-state index is 12.1. The third-order valence-electron chi connectivity index (χ3n) is 3.17. The van der Waals surface area contributed by atoms with Crippen molar-refractivity contribution < 1.29 is 14.4 Å². The molecule has 3 N–H and O–H groups in total. The van der Waals surface area contributed by atoms with Crippen LogP contribution in [-0.4, -0.2) is 45.5 Å². The fraction of sp³-hybridized carbons (Fsp3) is 0.455. The van der Waals surface area contributed by atoms with E-state index in [1.165, 1.54) is 11.7 Å². The van der Waals surface area contributed by atoms with Gasteiger partial charge >= 0.3 is 0 Å². The molecule has 1 unspecified atom stereocenters. The fourth-order valence-corrected chi connectivity index (χ4v) is 2.04. The van der Waals surface area contributed by atoms with Crippen LogP contribution in [0.3, 0.4) is 0 Å². The van der Waals surface area contributed by atoms with E-state index in [4.69, 9.17) is 5.73 Å². The van der Waals surface area contributed by atoms with Crippen LogP contribution in [0.1, 0.15) is 22.6 Å². The largest absolute Gasteiger partial charge is 0.395 e. The number of carbonyl (C=O) groups is 3. The highest BCUT2D eigenvalue weighted by Gasteiger charge is 2.37. The van der Waals surface area contributed by atoms with Crippen LogP contribution in [0, 0.1) is 6.92 Å². The molecular formula is C11H15N5O3. The maximum absolute atomic E-state index is 12.1. The van der Waals surface area contributed by atoms with E-state index in [1.807, 2.05) is 0 Å². The number of nitrogens with two attached hydrogens (primary N) is 1. The molecule has 0 saturated carbocycles. The lowest BCUT2D eigenvalue weighted by atomic mass is 10.2. The lowest BCUT2D eigenvalue weighted by Crippen LogP contribution is -2.41. The Balaban J connectivity index is 2.19. The zero-order chi connectivity index (χ0) is 14.3. The third kappa shape index (κ3) is 2.05. The van der Waals surface area contributed by atoms with Gasteiger partial charge in [0.25, 0.3) is 11.8 Å². The number of aryl methyl sites for hydroxylation is 2. The number of likely N-dealkylation sites (N-methyl/N-ethyl adjacent to an activating group) is 1. The van der Waals surface area contributed by atoms with Crippen molar-refractivity contribution in [1.29, 1.82) is 0 Å². The van der Waals surface area contributed by atoms with Gasteiger partial charge in [-0.15, -0.1) is 0 Å². The minimum Gasteiger partial charge on any atom is -0.395 e. The molecule has 2 rings (SSSR count). The number of aromatic nitrogens is 2. The van der Waals surface area contributed by atoms with Crippen LogP contribution in [0.25, 0.3) is 0 Å². The number of rotatable bonds is 2. The molecule has 1 aliphatic heterocycles. The monoisotopic (exact) mass is 265 g/mol. The molecular weight excluding hydrogens is 250 g/mol. The Labute approximate surface area is 109 Å². The van der Waals surface area contributed by atoms with Gasteiger partial charge in [-0.25, -0.2) is 0 Å². The molecule has 19 heavy (non-hydrogen) atoms. The zero-order valence-corrected chi connectivity index (χ0v) is 10.9. The van der Waals surface area contributed by atoms with Crippen LogP contribution in [0.15, 0.2) is 0 Å². The highest BCUT2D eigenvalue weighted by Crippen LogP contribution is 2.17. The van der Waals surface area contributed by atoms with Gasteiger partial charge in [0.05, 0.1) is 17.8 Å². The molecule has 2 heterocycles. The fourth-order valence-electron chi connectivity index (χ4n) is 2.04. The average Bonchev–Trinajstić information content (AvgIpc) is 2.71. The molecule has 1 atom stereocenters. The van der Waals surface area contributed by atoms with Crippen molar-refractivity contribution in [3.05, 3.63) is 11.4 Å². The number of hydrogen-bond donors (Lipinski definition) is 2. The number of carbonyl (C=O) groups excluding carboxylic acids is 3. The summed E-state index contributed by atoms with van der Waals surface area (Å²) in [4.78, 5) is 36.1. The van der Waals surface area contributed by atoms with E-state index in [0.29, 0.717) is 5.69 Å². The topological polar surface area (TPSA) is 110 Å². The summed E-state index contributed by atoms with van der Waals surface area (Å²) in [6.45, 7) is 1.68. The van der Waals surface area contributed by atoms with Crippen LogP contribution in [0.2, 0.25) is 0 Å². The predicted molar refractivity (Wildman–Crippen MR) is 66.0 cm³/mol.